The minimum atomic E-state index is -0.109. The molecule has 1 aliphatic rings. The Labute approximate surface area is 107 Å². The van der Waals surface area contributed by atoms with E-state index >= 15 is 0 Å². The molecule has 100 valence electrons. The van der Waals surface area contributed by atoms with Crippen molar-refractivity contribution in [3.8, 4) is 0 Å². The first kappa shape index (κ1) is 13.0. The standard InChI is InChI=1S/C12H20N4O2/c1-3-15(6-7-17)11-4-5-16(12(11)18)10-8-13-14(2)9-10/h8-9,11,17H,3-7H2,1-2H3. The molecule has 0 bridgehead atoms. The zero-order valence-electron chi connectivity index (χ0n) is 10.9. The number of aliphatic hydroxyl groups excluding tert-OH is 1. The van der Waals surface area contributed by atoms with Gasteiger partial charge in [-0.3, -0.25) is 14.4 Å². The van der Waals surface area contributed by atoms with E-state index < -0.39 is 0 Å². The number of nitrogens with zero attached hydrogens (tertiary/aromatic N) is 4. The molecule has 6 heteroatoms. The molecule has 1 fully saturated rings. The van der Waals surface area contributed by atoms with Gasteiger partial charge in [-0.2, -0.15) is 5.10 Å². The second kappa shape index (κ2) is 5.49. The van der Waals surface area contributed by atoms with Crippen LogP contribution in [0.25, 0.3) is 0 Å². The Hall–Kier alpha value is -1.40. The Kier molecular flexibility index (Phi) is 3.98. The first-order chi connectivity index (χ1) is 8.67. The van der Waals surface area contributed by atoms with Gasteiger partial charge in [-0.15, -0.1) is 0 Å². The van der Waals surface area contributed by atoms with Gasteiger partial charge in [0.15, 0.2) is 0 Å². The molecule has 0 saturated carbocycles. The molecule has 1 aromatic rings. The van der Waals surface area contributed by atoms with Crippen LogP contribution in [0.5, 0.6) is 0 Å². The Morgan fingerprint density at radius 3 is 2.94 bits per heavy atom. The highest BCUT2D eigenvalue weighted by molar-refractivity contribution is 5.99. The van der Waals surface area contributed by atoms with E-state index in [1.54, 1.807) is 15.8 Å². The molecular formula is C12H20N4O2. The fourth-order valence-corrected chi connectivity index (χ4v) is 2.47. The van der Waals surface area contributed by atoms with E-state index in [1.807, 2.05) is 25.1 Å². The van der Waals surface area contributed by atoms with Crippen LogP contribution in [0.3, 0.4) is 0 Å². The molecule has 1 N–H and O–H groups in total. The molecule has 0 radical (unpaired) electrons. The summed E-state index contributed by atoms with van der Waals surface area (Å²) in [5.74, 6) is 0.110. The van der Waals surface area contributed by atoms with Crippen LogP contribution >= 0.6 is 0 Å². The van der Waals surface area contributed by atoms with E-state index in [-0.39, 0.29) is 18.6 Å². The summed E-state index contributed by atoms with van der Waals surface area (Å²) < 4.78 is 1.70. The van der Waals surface area contributed by atoms with Crippen LogP contribution in [0.15, 0.2) is 12.4 Å². The summed E-state index contributed by atoms with van der Waals surface area (Å²) in [6, 6.07) is -0.109. The van der Waals surface area contributed by atoms with Crippen LogP contribution in [0.4, 0.5) is 5.69 Å². The fraction of sp³-hybridized carbons (Fsp3) is 0.667. The molecule has 2 heterocycles. The summed E-state index contributed by atoms with van der Waals surface area (Å²) in [7, 11) is 1.84. The lowest BCUT2D eigenvalue weighted by atomic mass is 10.2. The lowest BCUT2D eigenvalue weighted by Crippen LogP contribution is -2.43. The van der Waals surface area contributed by atoms with Gasteiger partial charge < -0.3 is 10.0 Å². The zero-order valence-corrected chi connectivity index (χ0v) is 10.9. The number of rotatable bonds is 5. The number of amides is 1. The lowest BCUT2D eigenvalue weighted by Gasteiger charge is -2.25. The topological polar surface area (TPSA) is 61.6 Å². The fourth-order valence-electron chi connectivity index (χ4n) is 2.47. The number of hydrogen-bond acceptors (Lipinski definition) is 4. The molecule has 1 atom stereocenters. The van der Waals surface area contributed by atoms with E-state index in [0.29, 0.717) is 6.54 Å². The molecule has 1 aliphatic heterocycles. The first-order valence-corrected chi connectivity index (χ1v) is 6.32. The van der Waals surface area contributed by atoms with E-state index in [4.69, 9.17) is 5.11 Å². The van der Waals surface area contributed by atoms with Crippen molar-refractivity contribution in [1.29, 1.82) is 0 Å². The van der Waals surface area contributed by atoms with Gasteiger partial charge in [-0.1, -0.05) is 6.92 Å². The summed E-state index contributed by atoms with van der Waals surface area (Å²) in [5, 5.41) is 13.1. The number of anilines is 1. The van der Waals surface area contributed by atoms with Gasteiger partial charge in [0, 0.05) is 26.3 Å². The maximum Gasteiger partial charge on any atom is 0.244 e. The summed E-state index contributed by atoms with van der Waals surface area (Å²) in [5.41, 5.74) is 0.852. The highest BCUT2D eigenvalue weighted by Crippen LogP contribution is 2.23. The van der Waals surface area contributed by atoms with Crippen LogP contribution in [0.2, 0.25) is 0 Å². The van der Waals surface area contributed by atoms with Gasteiger partial charge in [0.2, 0.25) is 5.91 Å². The van der Waals surface area contributed by atoms with Gasteiger partial charge >= 0.3 is 0 Å². The summed E-state index contributed by atoms with van der Waals surface area (Å²) in [6.07, 6.45) is 4.37. The highest BCUT2D eigenvalue weighted by Gasteiger charge is 2.36. The smallest absolute Gasteiger partial charge is 0.244 e. The number of aryl methyl sites for hydroxylation is 1. The molecular weight excluding hydrogens is 232 g/mol. The molecule has 0 aliphatic carbocycles. The summed E-state index contributed by atoms with van der Waals surface area (Å²) >= 11 is 0. The average molecular weight is 252 g/mol. The van der Waals surface area contributed by atoms with Gasteiger partial charge in [-0.05, 0) is 13.0 Å². The Morgan fingerprint density at radius 1 is 1.61 bits per heavy atom. The van der Waals surface area contributed by atoms with E-state index in [9.17, 15) is 4.79 Å². The molecule has 1 aromatic heterocycles. The van der Waals surface area contributed by atoms with Crippen molar-refractivity contribution in [3.05, 3.63) is 12.4 Å². The number of carbonyl (C=O) groups is 1. The van der Waals surface area contributed by atoms with Crippen molar-refractivity contribution in [1.82, 2.24) is 14.7 Å². The number of carbonyl (C=O) groups excluding carboxylic acids is 1. The van der Waals surface area contributed by atoms with Crippen molar-refractivity contribution in [2.75, 3.05) is 31.1 Å². The number of likely N-dealkylation sites (N-methyl/N-ethyl adjacent to an activating group) is 1. The second-order valence-electron chi connectivity index (χ2n) is 4.52. The first-order valence-electron chi connectivity index (χ1n) is 6.32. The van der Waals surface area contributed by atoms with Crippen LogP contribution in [-0.2, 0) is 11.8 Å². The Morgan fingerprint density at radius 2 is 2.39 bits per heavy atom. The van der Waals surface area contributed by atoms with E-state index in [0.717, 1.165) is 25.2 Å². The lowest BCUT2D eigenvalue weighted by molar-refractivity contribution is -0.121. The predicted molar refractivity (Wildman–Crippen MR) is 68.3 cm³/mol. The van der Waals surface area contributed by atoms with Crippen LogP contribution < -0.4 is 4.90 Å². The number of aromatic nitrogens is 2. The van der Waals surface area contributed by atoms with E-state index in [2.05, 4.69) is 5.10 Å². The number of aliphatic hydroxyl groups is 1. The van der Waals surface area contributed by atoms with Crippen molar-refractivity contribution < 1.29 is 9.90 Å². The quantitative estimate of drug-likeness (QED) is 0.791. The zero-order chi connectivity index (χ0) is 13.1. The van der Waals surface area contributed by atoms with Gasteiger partial charge in [-0.25, -0.2) is 0 Å². The molecule has 18 heavy (non-hydrogen) atoms. The number of hydrogen-bond donors (Lipinski definition) is 1. The van der Waals surface area contributed by atoms with Crippen LogP contribution in [-0.4, -0.2) is 58.0 Å². The molecule has 0 aromatic carbocycles. The molecule has 6 nitrogen and oxygen atoms in total. The average Bonchev–Trinajstić information content (AvgIpc) is 2.93. The van der Waals surface area contributed by atoms with Gasteiger partial charge in [0.25, 0.3) is 0 Å². The maximum atomic E-state index is 12.4. The van der Waals surface area contributed by atoms with Crippen molar-refractivity contribution in [3.63, 3.8) is 0 Å². The SMILES string of the molecule is CCN(CCO)C1CCN(c2cnn(C)c2)C1=O. The van der Waals surface area contributed by atoms with Crippen LogP contribution in [0.1, 0.15) is 13.3 Å². The normalized spacial score (nSPS) is 20.1. The largest absolute Gasteiger partial charge is 0.395 e. The van der Waals surface area contributed by atoms with Crippen molar-refractivity contribution in [2.45, 2.75) is 19.4 Å². The maximum absolute atomic E-state index is 12.4. The molecule has 1 saturated heterocycles. The minimum Gasteiger partial charge on any atom is -0.395 e. The monoisotopic (exact) mass is 252 g/mol. The third-order valence-corrected chi connectivity index (χ3v) is 3.41. The Balaban J connectivity index is 2.09. The van der Waals surface area contributed by atoms with Gasteiger partial charge in [0.1, 0.15) is 0 Å². The third kappa shape index (κ3) is 2.39. The molecule has 1 amide bonds. The van der Waals surface area contributed by atoms with Crippen molar-refractivity contribution >= 4 is 11.6 Å². The molecule has 2 rings (SSSR count). The molecule has 1 unspecified atom stereocenters. The highest BCUT2D eigenvalue weighted by atomic mass is 16.3. The third-order valence-electron chi connectivity index (χ3n) is 3.41. The summed E-state index contributed by atoms with van der Waals surface area (Å²) in [6.45, 7) is 4.14. The van der Waals surface area contributed by atoms with Crippen LogP contribution in [0, 0.1) is 0 Å². The Bertz CT molecular complexity index is 418. The predicted octanol–water partition coefficient (Wildman–Crippen LogP) is -0.160. The molecule has 0 spiro atoms. The second-order valence-corrected chi connectivity index (χ2v) is 4.52. The van der Waals surface area contributed by atoms with Gasteiger partial charge in [0.05, 0.1) is 24.5 Å². The minimum absolute atomic E-state index is 0.0878. The van der Waals surface area contributed by atoms with E-state index in [1.165, 1.54) is 0 Å². The van der Waals surface area contributed by atoms with Crippen molar-refractivity contribution in [2.24, 2.45) is 7.05 Å². The summed E-state index contributed by atoms with van der Waals surface area (Å²) in [4.78, 5) is 16.2.